The maximum Gasteiger partial charge on any atom is 0.441 e. The minimum Gasteiger partial charge on any atom is -0.312 e. The minimum atomic E-state index is -4.14. The number of nitrogens with one attached hydrogen (secondary N) is 1. The van der Waals surface area contributed by atoms with Gasteiger partial charge < -0.3 is 5.32 Å². The quantitative estimate of drug-likeness (QED) is 0.737. The molecule has 0 aliphatic heterocycles. The second kappa shape index (κ2) is 7.01. The van der Waals surface area contributed by atoms with E-state index in [4.69, 9.17) is 0 Å². The molecule has 0 amide bonds. The first-order valence-electron chi connectivity index (χ1n) is 4.74. The summed E-state index contributed by atoms with van der Waals surface area (Å²) in [5, 5.41) is 2.96. The standard InChI is InChI=1S/C10H10Br2F3NS/c11-8-2-1-7(5-9(8)12)6-16-3-4-17-10(13,14)15/h1-2,5,16H,3-4,6H2. The summed E-state index contributed by atoms with van der Waals surface area (Å²) in [5.74, 6) is 0.0290. The summed E-state index contributed by atoms with van der Waals surface area (Å²) in [7, 11) is 0. The normalized spacial score (nSPS) is 11.8. The zero-order valence-corrected chi connectivity index (χ0v) is 12.6. The van der Waals surface area contributed by atoms with E-state index < -0.39 is 5.51 Å². The SMILES string of the molecule is FC(F)(F)SCCNCc1ccc(Br)c(Br)c1. The molecule has 1 rings (SSSR count). The molecule has 0 saturated carbocycles. The zero-order valence-electron chi connectivity index (χ0n) is 8.65. The Bertz CT molecular complexity index is 371. The molecule has 0 heterocycles. The summed E-state index contributed by atoms with van der Waals surface area (Å²) in [4.78, 5) is 0. The van der Waals surface area contributed by atoms with E-state index in [0.29, 0.717) is 13.1 Å². The van der Waals surface area contributed by atoms with Gasteiger partial charge in [-0.15, -0.1) is 0 Å². The largest absolute Gasteiger partial charge is 0.441 e. The Kier molecular flexibility index (Phi) is 6.33. The van der Waals surface area contributed by atoms with E-state index in [-0.39, 0.29) is 17.5 Å². The minimum absolute atomic E-state index is 0.00495. The van der Waals surface area contributed by atoms with E-state index in [9.17, 15) is 13.2 Å². The van der Waals surface area contributed by atoms with Crippen molar-refractivity contribution in [3.05, 3.63) is 32.7 Å². The summed E-state index contributed by atoms with van der Waals surface area (Å²) >= 11 is 6.71. The fourth-order valence-electron chi connectivity index (χ4n) is 1.12. The lowest BCUT2D eigenvalue weighted by Crippen LogP contribution is -2.18. The number of alkyl halides is 3. The van der Waals surface area contributed by atoms with Crippen LogP contribution in [0.2, 0.25) is 0 Å². The first-order chi connectivity index (χ1) is 7.88. The number of benzene rings is 1. The molecule has 0 unspecified atom stereocenters. The average molecular weight is 393 g/mol. The van der Waals surface area contributed by atoms with E-state index in [1.165, 1.54) is 0 Å². The molecule has 1 aromatic rings. The first-order valence-corrected chi connectivity index (χ1v) is 7.31. The number of halogens is 5. The van der Waals surface area contributed by atoms with Crippen molar-refractivity contribution in [2.45, 2.75) is 12.1 Å². The maximum absolute atomic E-state index is 11.8. The third-order valence-corrected chi connectivity index (χ3v) is 4.47. The summed E-state index contributed by atoms with van der Waals surface area (Å²) in [6, 6.07) is 5.73. The lowest BCUT2D eigenvalue weighted by Gasteiger charge is -2.07. The van der Waals surface area contributed by atoms with Crippen LogP contribution >= 0.6 is 43.6 Å². The molecule has 0 atom stereocenters. The molecule has 17 heavy (non-hydrogen) atoms. The molecule has 0 radical (unpaired) electrons. The fraction of sp³-hybridized carbons (Fsp3) is 0.400. The third kappa shape index (κ3) is 6.69. The van der Waals surface area contributed by atoms with Gasteiger partial charge in [-0.2, -0.15) is 13.2 Å². The lowest BCUT2D eigenvalue weighted by atomic mass is 10.2. The molecule has 0 saturated heterocycles. The van der Waals surface area contributed by atoms with Gasteiger partial charge in [0.1, 0.15) is 0 Å². The summed E-state index contributed by atoms with van der Waals surface area (Å²) in [6.07, 6.45) is 0. The van der Waals surface area contributed by atoms with Gasteiger partial charge in [0.25, 0.3) is 0 Å². The molecular weight excluding hydrogens is 383 g/mol. The molecule has 0 bridgehead atoms. The van der Waals surface area contributed by atoms with Crippen LogP contribution in [0.3, 0.4) is 0 Å². The van der Waals surface area contributed by atoms with Crippen molar-refractivity contribution in [1.82, 2.24) is 5.32 Å². The van der Waals surface area contributed by atoms with Crippen molar-refractivity contribution in [3.63, 3.8) is 0 Å². The lowest BCUT2D eigenvalue weighted by molar-refractivity contribution is -0.0327. The van der Waals surface area contributed by atoms with Crippen LogP contribution in [0.4, 0.5) is 13.2 Å². The third-order valence-electron chi connectivity index (χ3n) is 1.86. The van der Waals surface area contributed by atoms with Gasteiger partial charge in [-0.25, -0.2) is 0 Å². The van der Waals surface area contributed by atoms with Crippen LogP contribution in [0.15, 0.2) is 27.1 Å². The van der Waals surface area contributed by atoms with Gasteiger partial charge in [0.05, 0.1) is 0 Å². The molecule has 0 aromatic heterocycles. The highest BCUT2D eigenvalue weighted by atomic mass is 79.9. The van der Waals surface area contributed by atoms with Crippen molar-refractivity contribution in [2.24, 2.45) is 0 Å². The van der Waals surface area contributed by atoms with Crippen LogP contribution in [0.1, 0.15) is 5.56 Å². The fourth-order valence-corrected chi connectivity index (χ4v) is 2.27. The summed E-state index contributed by atoms with van der Waals surface area (Å²) in [5.41, 5.74) is -3.11. The number of rotatable bonds is 5. The Morgan fingerprint density at radius 2 is 1.88 bits per heavy atom. The van der Waals surface area contributed by atoms with Crippen LogP contribution in [0, 0.1) is 0 Å². The molecule has 0 aliphatic carbocycles. The highest BCUT2D eigenvalue weighted by Crippen LogP contribution is 2.29. The smallest absolute Gasteiger partial charge is 0.312 e. The maximum atomic E-state index is 11.8. The van der Waals surface area contributed by atoms with Gasteiger partial charge in [-0.1, -0.05) is 6.07 Å². The Morgan fingerprint density at radius 3 is 2.47 bits per heavy atom. The van der Waals surface area contributed by atoms with Crippen molar-refractivity contribution in [2.75, 3.05) is 12.3 Å². The number of hydrogen-bond acceptors (Lipinski definition) is 2. The molecule has 0 spiro atoms. The Balaban J connectivity index is 2.25. The van der Waals surface area contributed by atoms with E-state index >= 15 is 0 Å². The second-order valence-electron chi connectivity index (χ2n) is 3.22. The van der Waals surface area contributed by atoms with E-state index in [0.717, 1.165) is 14.5 Å². The molecular formula is C10H10Br2F3NS. The van der Waals surface area contributed by atoms with Crippen molar-refractivity contribution in [3.8, 4) is 0 Å². The van der Waals surface area contributed by atoms with Gasteiger partial charge in [-0.3, -0.25) is 0 Å². The van der Waals surface area contributed by atoms with Crippen molar-refractivity contribution >= 4 is 43.6 Å². The Morgan fingerprint density at radius 1 is 1.18 bits per heavy atom. The molecule has 1 nitrogen and oxygen atoms in total. The van der Waals surface area contributed by atoms with Crippen LogP contribution in [0.25, 0.3) is 0 Å². The Hall–Kier alpha value is 0.280. The molecule has 0 aliphatic rings. The summed E-state index contributed by atoms with van der Waals surface area (Å²) < 4.78 is 37.4. The molecule has 0 fully saturated rings. The molecule has 1 aromatic carbocycles. The Labute approximate surface area is 119 Å². The van der Waals surface area contributed by atoms with Crippen molar-refractivity contribution in [1.29, 1.82) is 0 Å². The van der Waals surface area contributed by atoms with Gasteiger partial charge in [0.2, 0.25) is 0 Å². The molecule has 96 valence electrons. The first kappa shape index (κ1) is 15.3. The zero-order chi connectivity index (χ0) is 12.9. The topological polar surface area (TPSA) is 12.0 Å². The average Bonchev–Trinajstić information content (AvgIpc) is 2.21. The number of hydrogen-bond donors (Lipinski definition) is 1. The van der Waals surface area contributed by atoms with Gasteiger partial charge in [-0.05, 0) is 61.3 Å². The van der Waals surface area contributed by atoms with Crippen LogP contribution < -0.4 is 5.32 Å². The highest BCUT2D eigenvalue weighted by molar-refractivity contribution is 9.13. The molecule has 7 heteroatoms. The summed E-state index contributed by atoms with van der Waals surface area (Å²) in [6.45, 7) is 0.891. The van der Waals surface area contributed by atoms with Crippen LogP contribution in [-0.2, 0) is 6.54 Å². The predicted molar refractivity (Wildman–Crippen MR) is 72.1 cm³/mol. The van der Waals surface area contributed by atoms with E-state index in [2.05, 4.69) is 37.2 Å². The van der Waals surface area contributed by atoms with Crippen LogP contribution in [0.5, 0.6) is 0 Å². The van der Waals surface area contributed by atoms with Crippen molar-refractivity contribution < 1.29 is 13.2 Å². The van der Waals surface area contributed by atoms with Crippen LogP contribution in [-0.4, -0.2) is 17.8 Å². The van der Waals surface area contributed by atoms with Gasteiger partial charge in [0, 0.05) is 27.8 Å². The predicted octanol–water partition coefficient (Wildman–Crippen LogP) is 4.55. The second-order valence-corrected chi connectivity index (χ2v) is 6.09. The van der Waals surface area contributed by atoms with E-state index in [1.54, 1.807) is 0 Å². The van der Waals surface area contributed by atoms with E-state index in [1.807, 2.05) is 18.2 Å². The number of thioether (sulfide) groups is 1. The monoisotopic (exact) mass is 391 g/mol. The van der Waals surface area contributed by atoms with Gasteiger partial charge >= 0.3 is 5.51 Å². The molecule has 1 N–H and O–H groups in total. The van der Waals surface area contributed by atoms with Gasteiger partial charge in [0.15, 0.2) is 0 Å². The highest BCUT2D eigenvalue weighted by Gasteiger charge is 2.27.